The van der Waals surface area contributed by atoms with Crippen molar-refractivity contribution in [1.82, 2.24) is 0 Å². The summed E-state index contributed by atoms with van der Waals surface area (Å²) in [6.45, 7) is 0. The normalized spacial score (nSPS) is 61.7. The van der Waals surface area contributed by atoms with Crippen LogP contribution in [-0.4, -0.2) is 46.7 Å². The minimum absolute atomic E-state index is 0.0177. The highest BCUT2D eigenvalue weighted by atomic mass is 16.7. The van der Waals surface area contributed by atoms with Gasteiger partial charge in [0.2, 0.25) is 0 Å². The lowest BCUT2D eigenvalue weighted by molar-refractivity contribution is -0.364. The number of hydrogen-bond donors (Lipinski definition) is 2. The molecule has 6 atom stereocenters. The quantitative estimate of drug-likeness (QED) is 0.443. The van der Waals surface area contributed by atoms with Crippen LogP contribution in [0.3, 0.4) is 0 Å². The average molecular weight is 172 g/mol. The fraction of sp³-hybridized carbons (Fsp3) is 0.857. The summed E-state index contributed by atoms with van der Waals surface area (Å²) >= 11 is 0. The van der Waals surface area contributed by atoms with Crippen molar-refractivity contribution in [3.05, 3.63) is 0 Å². The van der Waals surface area contributed by atoms with Crippen molar-refractivity contribution < 1.29 is 24.5 Å². The molecule has 66 valence electrons. The number of rotatable bonds is 0. The van der Waals surface area contributed by atoms with E-state index in [1.54, 1.807) is 0 Å². The van der Waals surface area contributed by atoms with E-state index in [2.05, 4.69) is 0 Å². The van der Waals surface area contributed by atoms with Crippen LogP contribution >= 0.6 is 0 Å². The number of carbonyl (C=O) groups is 1. The Kier molecular flexibility index (Phi) is 1.09. The Morgan fingerprint density at radius 3 is 2.58 bits per heavy atom. The van der Waals surface area contributed by atoms with Crippen LogP contribution in [0.25, 0.3) is 0 Å². The summed E-state index contributed by atoms with van der Waals surface area (Å²) in [5, 5.41) is 18.4. The maximum atomic E-state index is 11.0. The number of ketones is 1. The summed E-state index contributed by atoms with van der Waals surface area (Å²) in [7, 11) is 0. The summed E-state index contributed by atoms with van der Waals surface area (Å²) in [5.41, 5.74) is 0. The predicted molar refractivity (Wildman–Crippen MR) is 34.0 cm³/mol. The van der Waals surface area contributed by atoms with E-state index in [4.69, 9.17) is 14.6 Å². The smallest absolute Gasteiger partial charge is 0.191 e. The molecule has 0 aromatic rings. The van der Waals surface area contributed by atoms with Gasteiger partial charge in [-0.15, -0.1) is 0 Å². The van der Waals surface area contributed by atoms with Gasteiger partial charge in [-0.05, 0) is 0 Å². The van der Waals surface area contributed by atoms with Crippen LogP contribution in [0.2, 0.25) is 0 Å². The maximum Gasteiger partial charge on any atom is 0.191 e. The molecule has 3 rings (SSSR count). The molecule has 2 N–H and O–H groups in total. The first-order valence-corrected chi connectivity index (χ1v) is 3.91. The third kappa shape index (κ3) is 0.546. The first-order chi connectivity index (χ1) is 5.70. The van der Waals surface area contributed by atoms with Crippen LogP contribution in [0.15, 0.2) is 0 Å². The molecule has 0 bridgehead atoms. The van der Waals surface area contributed by atoms with Gasteiger partial charge in [-0.3, -0.25) is 4.79 Å². The van der Waals surface area contributed by atoms with E-state index >= 15 is 0 Å². The topological polar surface area (TPSA) is 76.0 Å². The Balaban J connectivity index is 1.88. The molecule has 0 aromatic carbocycles. The Hall–Kier alpha value is -0.490. The van der Waals surface area contributed by atoms with Crippen molar-refractivity contribution in [3.63, 3.8) is 0 Å². The predicted octanol–water partition coefficient (Wildman–Crippen LogP) is -1.97. The summed E-state index contributed by atoms with van der Waals surface area (Å²) in [6.07, 6.45) is -3.59. The molecule has 3 aliphatic rings. The highest BCUT2D eigenvalue weighted by Crippen LogP contribution is 2.48. The zero-order chi connectivity index (χ0) is 8.46. The molecule has 2 saturated heterocycles. The minimum Gasteiger partial charge on any atom is -0.385 e. The molecule has 3 fully saturated rings. The summed E-state index contributed by atoms with van der Waals surface area (Å²) in [5.74, 6) is -0.127. The van der Waals surface area contributed by atoms with Crippen LogP contribution < -0.4 is 0 Å². The fourth-order valence-corrected chi connectivity index (χ4v) is 2.11. The third-order valence-corrected chi connectivity index (χ3v) is 2.86. The monoisotopic (exact) mass is 172 g/mol. The molecule has 0 amide bonds. The zero-order valence-electron chi connectivity index (χ0n) is 6.08. The maximum absolute atomic E-state index is 11.0. The van der Waals surface area contributed by atoms with Gasteiger partial charge in [0.05, 0.1) is 12.0 Å². The van der Waals surface area contributed by atoms with E-state index in [-0.39, 0.29) is 17.8 Å². The molecule has 2 heterocycles. The molecule has 2 aliphatic heterocycles. The Morgan fingerprint density at radius 2 is 1.83 bits per heavy atom. The highest BCUT2D eigenvalue weighted by Gasteiger charge is 2.69. The minimum atomic E-state index is -1.28. The second-order valence-electron chi connectivity index (χ2n) is 3.44. The summed E-state index contributed by atoms with van der Waals surface area (Å²) in [6, 6.07) is 0. The van der Waals surface area contributed by atoms with Crippen molar-refractivity contribution in [2.24, 2.45) is 5.92 Å². The van der Waals surface area contributed by atoms with Crippen molar-refractivity contribution in [2.75, 3.05) is 0 Å². The number of ether oxygens (including phenoxy) is 2. The molecule has 6 unspecified atom stereocenters. The molecule has 0 spiro atoms. The van der Waals surface area contributed by atoms with E-state index in [0.29, 0.717) is 0 Å². The van der Waals surface area contributed by atoms with Crippen molar-refractivity contribution in [2.45, 2.75) is 30.7 Å². The molecule has 12 heavy (non-hydrogen) atoms. The Morgan fingerprint density at radius 1 is 1.17 bits per heavy atom. The van der Waals surface area contributed by atoms with E-state index < -0.39 is 24.6 Å². The Labute approximate surface area is 67.9 Å². The van der Waals surface area contributed by atoms with E-state index in [0.717, 1.165) is 0 Å². The summed E-state index contributed by atoms with van der Waals surface area (Å²) in [4.78, 5) is 11.0. The fourth-order valence-electron chi connectivity index (χ4n) is 2.11. The van der Waals surface area contributed by atoms with Gasteiger partial charge < -0.3 is 19.7 Å². The van der Waals surface area contributed by atoms with Crippen LogP contribution in [0.5, 0.6) is 0 Å². The molecular formula is C7H8O5. The van der Waals surface area contributed by atoms with Gasteiger partial charge in [0.15, 0.2) is 12.1 Å². The van der Waals surface area contributed by atoms with Crippen LogP contribution in [-0.2, 0) is 14.3 Å². The number of Topliss-reactive ketones (excluding diaryl/α,β-unsaturated/α-hetero) is 1. The van der Waals surface area contributed by atoms with Gasteiger partial charge in [-0.1, -0.05) is 0 Å². The van der Waals surface area contributed by atoms with Gasteiger partial charge in [0.1, 0.15) is 18.3 Å². The number of aliphatic hydroxyl groups is 2. The van der Waals surface area contributed by atoms with Crippen molar-refractivity contribution >= 4 is 5.78 Å². The highest BCUT2D eigenvalue weighted by molar-refractivity contribution is 5.96. The van der Waals surface area contributed by atoms with Gasteiger partial charge in [0.25, 0.3) is 0 Å². The van der Waals surface area contributed by atoms with Gasteiger partial charge >= 0.3 is 0 Å². The summed E-state index contributed by atoms with van der Waals surface area (Å²) < 4.78 is 9.95. The Bertz CT molecular complexity index is 252. The molecule has 1 aliphatic carbocycles. The average Bonchev–Trinajstić information content (AvgIpc) is 1.99. The van der Waals surface area contributed by atoms with Crippen LogP contribution in [0, 0.1) is 5.92 Å². The van der Waals surface area contributed by atoms with E-state index in [9.17, 15) is 9.90 Å². The van der Waals surface area contributed by atoms with Gasteiger partial charge in [-0.2, -0.15) is 0 Å². The van der Waals surface area contributed by atoms with Crippen molar-refractivity contribution in [1.29, 1.82) is 0 Å². The lowest BCUT2D eigenvalue weighted by Gasteiger charge is -2.60. The molecule has 0 radical (unpaired) electrons. The van der Waals surface area contributed by atoms with Crippen LogP contribution in [0.1, 0.15) is 0 Å². The van der Waals surface area contributed by atoms with Gasteiger partial charge in [0, 0.05) is 0 Å². The third-order valence-electron chi connectivity index (χ3n) is 2.86. The number of carbonyl (C=O) groups excluding carboxylic acids is 1. The van der Waals surface area contributed by atoms with Gasteiger partial charge in [-0.25, -0.2) is 0 Å². The van der Waals surface area contributed by atoms with E-state index in [1.807, 2.05) is 0 Å². The molecular weight excluding hydrogens is 164 g/mol. The number of hydrogen-bond acceptors (Lipinski definition) is 5. The second-order valence-corrected chi connectivity index (χ2v) is 3.44. The van der Waals surface area contributed by atoms with E-state index in [1.165, 1.54) is 0 Å². The second kappa shape index (κ2) is 1.88. The van der Waals surface area contributed by atoms with Crippen LogP contribution in [0.4, 0.5) is 0 Å². The molecule has 5 nitrogen and oxygen atoms in total. The molecule has 0 aromatic heterocycles. The lowest BCUT2D eigenvalue weighted by atomic mass is 9.66. The largest absolute Gasteiger partial charge is 0.385 e. The first kappa shape index (κ1) is 6.97. The lowest BCUT2D eigenvalue weighted by Crippen LogP contribution is -2.79. The number of aliphatic hydroxyl groups excluding tert-OH is 2. The zero-order valence-corrected chi connectivity index (χ0v) is 6.08. The standard InChI is InChI=1S/C7H8O5/c8-2-4-1-5(2)12-7(10)3(9)6(1)11-4/h1,3-7,9-10H. The molecule has 1 saturated carbocycles. The SMILES string of the molecule is O=C1C2OC(O)C(O)C3OC1C23. The van der Waals surface area contributed by atoms with Crippen molar-refractivity contribution in [3.8, 4) is 0 Å². The molecule has 5 heteroatoms. The first-order valence-electron chi connectivity index (χ1n) is 3.91.